The Kier molecular flexibility index (Phi) is 4.92. The summed E-state index contributed by atoms with van der Waals surface area (Å²) in [5.74, 6) is -1.88. The minimum Gasteiger partial charge on any atom is -0.322 e. The van der Waals surface area contributed by atoms with Crippen LogP contribution in [0.5, 0.6) is 0 Å². The van der Waals surface area contributed by atoms with Gasteiger partial charge in [0, 0.05) is 23.1 Å². The molecule has 2 atom stereocenters. The lowest BCUT2D eigenvalue weighted by atomic mass is 9.55. The highest BCUT2D eigenvalue weighted by atomic mass is 16.2. The SMILES string of the molecule is Cc1cccc(C)c1NC(=O)c1cccc(N2C(=O)[C@@H]3C4c5ccccc5C(c5ccccc54)[C@H]3C2=O)c1. The molecule has 4 aliphatic rings. The standard InChI is InChI=1S/C33H26N2O3/c1-18-9-7-10-19(2)30(18)34-31(36)20-11-8-12-21(17-20)35-32(37)28-26-22-13-3-4-14-23(22)27(29(28)33(35)38)25-16-6-5-15-24(25)26/h3-17,26-29H,1-2H3,(H,34,36)/t26?,27?,28-,29-/m1/s1. The summed E-state index contributed by atoms with van der Waals surface area (Å²) in [6.07, 6.45) is 0. The number of imide groups is 1. The van der Waals surface area contributed by atoms with E-state index in [9.17, 15) is 14.4 Å². The van der Waals surface area contributed by atoms with Crippen molar-refractivity contribution in [3.8, 4) is 0 Å². The molecule has 3 aliphatic carbocycles. The molecule has 3 amide bonds. The van der Waals surface area contributed by atoms with Gasteiger partial charge in [-0.2, -0.15) is 0 Å². The summed E-state index contributed by atoms with van der Waals surface area (Å²) in [6, 6.07) is 29.1. The van der Waals surface area contributed by atoms with Gasteiger partial charge in [-0.3, -0.25) is 14.4 Å². The number of nitrogens with zero attached hydrogens (tertiary/aromatic N) is 1. The maximum atomic E-state index is 14.0. The predicted molar refractivity (Wildman–Crippen MR) is 146 cm³/mol. The molecule has 38 heavy (non-hydrogen) atoms. The lowest BCUT2D eigenvalue weighted by molar-refractivity contribution is -0.122. The van der Waals surface area contributed by atoms with E-state index in [1.165, 1.54) is 4.90 Å². The molecule has 0 saturated carbocycles. The molecule has 186 valence electrons. The average Bonchev–Trinajstić information content (AvgIpc) is 3.21. The molecule has 0 spiro atoms. The number of hydrogen-bond acceptors (Lipinski definition) is 3. The molecule has 1 fully saturated rings. The highest BCUT2D eigenvalue weighted by Gasteiger charge is 2.61. The third kappa shape index (κ3) is 3.08. The van der Waals surface area contributed by atoms with Crippen molar-refractivity contribution in [2.75, 3.05) is 10.2 Å². The number of benzene rings is 4. The highest BCUT2D eigenvalue weighted by molar-refractivity contribution is 6.23. The zero-order valence-electron chi connectivity index (χ0n) is 21.1. The van der Waals surface area contributed by atoms with Crippen molar-refractivity contribution in [1.82, 2.24) is 0 Å². The van der Waals surface area contributed by atoms with Gasteiger partial charge in [0.2, 0.25) is 11.8 Å². The van der Waals surface area contributed by atoms with Crippen LogP contribution in [0.1, 0.15) is 55.6 Å². The van der Waals surface area contributed by atoms with Crippen LogP contribution in [0, 0.1) is 25.7 Å². The molecule has 1 aliphatic heterocycles. The van der Waals surface area contributed by atoms with Gasteiger partial charge in [-0.1, -0.05) is 72.8 Å². The molecule has 1 heterocycles. The lowest BCUT2D eigenvalue weighted by Crippen LogP contribution is -2.41. The summed E-state index contributed by atoms with van der Waals surface area (Å²) in [4.78, 5) is 42.6. The molecule has 4 aromatic rings. The van der Waals surface area contributed by atoms with E-state index >= 15 is 0 Å². The van der Waals surface area contributed by atoms with Gasteiger partial charge >= 0.3 is 0 Å². The fourth-order valence-corrected chi connectivity index (χ4v) is 6.92. The van der Waals surface area contributed by atoms with Crippen molar-refractivity contribution in [3.05, 3.63) is 130 Å². The van der Waals surface area contributed by atoms with E-state index in [0.717, 1.165) is 39.1 Å². The van der Waals surface area contributed by atoms with E-state index in [2.05, 4.69) is 29.6 Å². The summed E-state index contributed by atoms with van der Waals surface area (Å²) in [5.41, 5.74) is 8.12. The van der Waals surface area contributed by atoms with Gasteiger partial charge < -0.3 is 5.32 Å². The fourth-order valence-electron chi connectivity index (χ4n) is 6.92. The third-order valence-corrected chi connectivity index (χ3v) is 8.53. The van der Waals surface area contributed by atoms with Gasteiger partial charge in [-0.15, -0.1) is 0 Å². The number of hydrogen-bond donors (Lipinski definition) is 1. The molecule has 2 bridgehead atoms. The Morgan fingerprint density at radius 1 is 0.658 bits per heavy atom. The van der Waals surface area contributed by atoms with Crippen LogP contribution in [-0.4, -0.2) is 17.7 Å². The summed E-state index contributed by atoms with van der Waals surface area (Å²) in [5, 5.41) is 3.01. The first-order chi connectivity index (χ1) is 18.5. The molecule has 4 aromatic carbocycles. The maximum absolute atomic E-state index is 14.0. The van der Waals surface area contributed by atoms with Crippen molar-refractivity contribution < 1.29 is 14.4 Å². The molecule has 5 nitrogen and oxygen atoms in total. The molecule has 5 heteroatoms. The topological polar surface area (TPSA) is 66.5 Å². The van der Waals surface area contributed by atoms with Crippen LogP contribution in [0.15, 0.2) is 91.0 Å². The first-order valence-corrected chi connectivity index (χ1v) is 13.0. The predicted octanol–water partition coefficient (Wildman–Crippen LogP) is 5.95. The molecule has 8 rings (SSSR count). The molecule has 0 radical (unpaired) electrons. The van der Waals surface area contributed by atoms with Crippen molar-refractivity contribution >= 4 is 29.1 Å². The first kappa shape index (κ1) is 22.7. The Morgan fingerprint density at radius 2 is 1.13 bits per heavy atom. The zero-order valence-corrected chi connectivity index (χ0v) is 21.1. The van der Waals surface area contributed by atoms with Crippen LogP contribution in [0.3, 0.4) is 0 Å². The number of nitrogens with one attached hydrogen (secondary N) is 1. The van der Waals surface area contributed by atoms with Gasteiger partial charge in [-0.05, 0) is 65.4 Å². The Hall–Kier alpha value is -4.51. The number of aryl methyl sites for hydroxylation is 2. The van der Waals surface area contributed by atoms with Crippen molar-refractivity contribution in [1.29, 1.82) is 0 Å². The number of para-hydroxylation sites is 1. The van der Waals surface area contributed by atoms with Gasteiger partial charge in [-0.25, -0.2) is 4.90 Å². The third-order valence-electron chi connectivity index (χ3n) is 8.53. The second-order valence-corrected chi connectivity index (χ2v) is 10.5. The summed E-state index contributed by atoms with van der Waals surface area (Å²) in [6.45, 7) is 3.90. The maximum Gasteiger partial charge on any atom is 0.255 e. The van der Waals surface area contributed by atoms with E-state index in [-0.39, 0.29) is 29.6 Å². The smallest absolute Gasteiger partial charge is 0.255 e. The molecule has 0 unspecified atom stereocenters. The summed E-state index contributed by atoms with van der Waals surface area (Å²) in [7, 11) is 0. The van der Waals surface area contributed by atoms with Crippen molar-refractivity contribution in [2.45, 2.75) is 25.7 Å². The number of rotatable bonds is 3. The van der Waals surface area contributed by atoms with Crippen LogP contribution < -0.4 is 10.2 Å². The Bertz CT molecular complexity index is 1540. The Labute approximate surface area is 221 Å². The van der Waals surface area contributed by atoms with Crippen LogP contribution in [0.4, 0.5) is 11.4 Å². The van der Waals surface area contributed by atoms with Crippen molar-refractivity contribution in [3.63, 3.8) is 0 Å². The number of carbonyl (C=O) groups excluding carboxylic acids is 3. The quantitative estimate of drug-likeness (QED) is 0.355. The molecule has 0 aromatic heterocycles. The number of carbonyl (C=O) groups is 3. The van der Waals surface area contributed by atoms with Crippen molar-refractivity contribution in [2.24, 2.45) is 11.8 Å². The van der Waals surface area contributed by atoms with E-state index in [4.69, 9.17) is 0 Å². The van der Waals surface area contributed by atoms with Crippen LogP contribution in [-0.2, 0) is 9.59 Å². The van der Waals surface area contributed by atoms with Crippen LogP contribution >= 0.6 is 0 Å². The largest absolute Gasteiger partial charge is 0.322 e. The summed E-state index contributed by atoms with van der Waals surface area (Å²) < 4.78 is 0. The van der Waals surface area contributed by atoms with Crippen LogP contribution in [0.25, 0.3) is 0 Å². The summed E-state index contributed by atoms with van der Waals surface area (Å²) >= 11 is 0. The Balaban J connectivity index is 1.27. The highest BCUT2D eigenvalue weighted by Crippen LogP contribution is 2.61. The monoisotopic (exact) mass is 498 g/mol. The second-order valence-electron chi connectivity index (χ2n) is 10.5. The van der Waals surface area contributed by atoms with E-state index < -0.39 is 11.8 Å². The second kappa shape index (κ2) is 8.25. The van der Waals surface area contributed by atoms with Gasteiger partial charge in [0.15, 0.2) is 0 Å². The van der Waals surface area contributed by atoms with Crippen LogP contribution in [0.2, 0.25) is 0 Å². The van der Waals surface area contributed by atoms with Gasteiger partial charge in [0.05, 0.1) is 17.5 Å². The van der Waals surface area contributed by atoms with E-state index in [1.807, 2.05) is 56.3 Å². The van der Waals surface area contributed by atoms with Gasteiger partial charge in [0.25, 0.3) is 5.91 Å². The van der Waals surface area contributed by atoms with E-state index in [0.29, 0.717) is 11.3 Å². The number of anilines is 2. The first-order valence-electron chi connectivity index (χ1n) is 13.0. The fraction of sp³-hybridized carbons (Fsp3) is 0.182. The van der Waals surface area contributed by atoms with Gasteiger partial charge in [0.1, 0.15) is 0 Å². The minimum atomic E-state index is -0.454. The molecule has 1 saturated heterocycles. The normalized spacial score (nSPS) is 22.6. The molecular formula is C33H26N2O3. The molecule has 1 N–H and O–H groups in total. The molecular weight excluding hydrogens is 472 g/mol. The zero-order chi connectivity index (χ0) is 26.1. The Morgan fingerprint density at radius 3 is 1.63 bits per heavy atom. The average molecular weight is 499 g/mol. The lowest BCUT2D eigenvalue weighted by Gasteiger charge is -2.45. The van der Waals surface area contributed by atoms with E-state index in [1.54, 1.807) is 24.3 Å². The number of amides is 3. The minimum absolute atomic E-state index is 0.158.